The van der Waals surface area contributed by atoms with Crippen LogP contribution in [-0.4, -0.2) is 72.0 Å². The third-order valence-electron chi connectivity index (χ3n) is 4.45. The van der Waals surface area contributed by atoms with E-state index in [9.17, 15) is 14.4 Å². The minimum absolute atomic E-state index is 0.0612. The molecule has 0 aromatic heterocycles. The summed E-state index contributed by atoms with van der Waals surface area (Å²) in [7, 11) is 2.03. The topological polar surface area (TPSA) is 81.2 Å². The van der Waals surface area contributed by atoms with Gasteiger partial charge in [-0.15, -0.1) is 0 Å². The second-order valence-corrected chi connectivity index (χ2v) is 5.98. The third-order valence-corrected chi connectivity index (χ3v) is 4.45. The molecule has 0 saturated carbocycles. The number of rotatable bonds is 3. The average Bonchev–Trinajstić information content (AvgIpc) is 2.83. The molecule has 23 heavy (non-hydrogen) atoms. The van der Waals surface area contributed by atoms with Crippen molar-refractivity contribution in [1.82, 2.24) is 9.80 Å². The largest absolute Gasteiger partial charge is 0.478 e. The number of carbonyl (C=O) groups excluding carboxylic acids is 2. The number of aromatic carboxylic acids is 1. The predicted octanol–water partition coefficient (Wildman–Crippen LogP) is 0.264. The van der Waals surface area contributed by atoms with Crippen molar-refractivity contribution < 1.29 is 19.5 Å². The summed E-state index contributed by atoms with van der Waals surface area (Å²) in [6.45, 7) is 3.24. The van der Waals surface area contributed by atoms with Crippen LogP contribution in [-0.2, 0) is 9.59 Å². The molecule has 2 aliphatic rings. The molecule has 7 heteroatoms. The molecule has 1 aromatic carbocycles. The number of likely N-dealkylation sites (N-methyl/N-ethyl adjacent to an activating group) is 1. The maximum atomic E-state index is 12.7. The number of carboxylic acid groups (broad SMARTS) is 1. The first-order valence-electron chi connectivity index (χ1n) is 7.60. The van der Waals surface area contributed by atoms with E-state index in [1.54, 1.807) is 12.1 Å². The van der Waals surface area contributed by atoms with E-state index in [0.29, 0.717) is 5.69 Å². The molecule has 0 aliphatic carbocycles. The van der Waals surface area contributed by atoms with Crippen LogP contribution >= 0.6 is 0 Å². The number of imide groups is 1. The molecule has 7 nitrogen and oxygen atoms in total. The molecule has 2 amide bonds. The summed E-state index contributed by atoms with van der Waals surface area (Å²) in [6, 6.07) is 5.50. The number of benzene rings is 1. The lowest BCUT2D eigenvalue weighted by Crippen LogP contribution is -2.51. The molecular formula is C16H19N3O4. The molecule has 3 rings (SSSR count). The number of carbonyl (C=O) groups is 3. The molecule has 2 fully saturated rings. The van der Waals surface area contributed by atoms with Crippen LogP contribution in [0, 0.1) is 0 Å². The van der Waals surface area contributed by atoms with Crippen molar-refractivity contribution in [1.29, 1.82) is 0 Å². The van der Waals surface area contributed by atoms with Crippen LogP contribution in [0.2, 0.25) is 0 Å². The van der Waals surface area contributed by atoms with E-state index < -0.39 is 12.0 Å². The molecule has 0 unspecified atom stereocenters. The van der Waals surface area contributed by atoms with Gasteiger partial charge in [0, 0.05) is 26.2 Å². The maximum Gasteiger partial charge on any atom is 0.335 e. The van der Waals surface area contributed by atoms with Crippen LogP contribution in [0.25, 0.3) is 0 Å². The Kier molecular flexibility index (Phi) is 4.14. The first-order chi connectivity index (χ1) is 11.0. The summed E-state index contributed by atoms with van der Waals surface area (Å²) in [4.78, 5) is 41.4. The summed E-state index contributed by atoms with van der Waals surface area (Å²) >= 11 is 0. The van der Waals surface area contributed by atoms with Crippen LogP contribution in [0.5, 0.6) is 0 Å². The standard InChI is InChI=1S/C16H19N3O4/c1-17-5-7-18(8-6-17)13-10-14(20)19(15(13)21)12-4-2-3-11(9-12)16(22)23/h2-4,9,13H,5-8,10H2,1H3,(H,22,23)/t13-/m1/s1. The number of piperazine rings is 1. The Morgan fingerprint density at radius 3 is 2.52 bits per heavy atom. The first kappa shape index (κ1) is 15.6. The third kappa shape index (κ3) is 2.97. The highest BCUT2D eigenvalue weighted by atomic mass is 16.4. The molecule has 122 valence electrons. The Hall–Kier alpha value is -2.25. The van der Waals surface area contributed by atoms with Gasteiger partial charge in [-0.2, -0.15) is 0 Å². The van der Waals surface area contributed by atoms with Gasteiger partial charge in [0.2, 0.25) is 5.91 Å². The summed E-state index contributed by atoms with van der Waals surface area (Å²) in [5.41, 5.74) is 0.391. The Labute approximate surface area is 134 Å². The van der Waals surface area contributed by atoms with Gasteiger partial charge in [-0.3, -0.25) is 14.5 Å². The second kappa shape index (κ2) is 6.10. The van der Waals surface area contributed by atoms with Crippen LogP contribution in [0.15, 0.2) is 24.3 Å². The van der Waals surface area contributed by atoms with Crippen molar-refractivity contribution in [3.8, 4) is 0 Å². The van der Waals surface area contributed by atoms with E-state index in [2.05, 4.69) is 4.90 Å². The van der Waals surface area contributed by atoms with Gasteiger partial charge in [-0.05, 0) is 25.2 Å². The second-order valence-electron chi connectivity index (χ2n) is 5.98. The van der Waals surface area contributed by atoms with Gasteiger partial charge in [0.15, 0.2) is 0 Å². The highest BCUT2D eigenvalue weighted by molar-refractivity contribution is 6.22. The van der Waals surface area contributed by atoms with E-state index in [1.807, 2.05) is 11.9 Å². The van der Waals surface area contributed by atoms with Crippen LogP contribution in [0.3, 0.4) is 0 Å². The number of anilines is 1. The lowest BCUT2D eigenvalue weighted by atomic mass is 10.1. The first-order valence-corrected chi connectivity index (χ1v) is 7.60. The summed E-state index contributed by atoms with van der Waals surface area (Å²) in [5.74, 6) is -1.62. The lowest BCUT2D eigenvalue weighted by molar-refractivity contribution is -0.123. The monoisotopic (exact) mass is 317 g/mol. The lowest BCUT2D eigenvalue weighted by Gasteiger charge is -2.35. The van der Waals surface area contributed by atoms with E-state index in [1.165, 1.54) is 12.1 Å². The molecule has 1 aromatic rings. The maximum absolute atomic E-state index is 12.7. The molecule has 1 N–H and O–H groups in total. The normalized spacial score (nSPS) is 23.5. The zero-order valence-electron chi connectivity index (χ0n) is 12.9. The van der Waals surface area contributed by atoms with E-state index >= 15 is 0 Å². The smallest absolute Gasteiger partial charge is 0.335 e. The fraction of sp³-hybridized carbons (Fsp3) is 0.438. The molecule has 0 bridgehead atoms. The molecular weight excluding hydrogens is 298 g/mol. The highest BCUT2D eigenvalue weighted by Gasteiger charge is 2.43. The summed E-state index contributed by atoms with van der Waals surface area (Å²) in [6.07, 6.45) is 0.153. The number of nitrogens with zero attached hydrogens (tertiary/aromatic N) is 3. The minimum Gasteiger partial charge on any atom is -0.478 e. The fourth-order valence-electron chi connectivity index (χ4n) is 3.08. The van der Waals surface area contributed by atoms with Crippen molar-refractivity contribution >= 4 is 23.5 Å². The minimum atomic E-state index is -1.08. The van der Waals surface area contributed by atoms with Gasteiger partial charge in [-0.25, -0.2) is 9.69 Å². The number of hydrogen-bond donors (Lipinski definition) is 1. The average molecular weight is 317 g/mol. The van der Waals surface area contributed by atoms with Crippen LogP contribution < -0.4 is 4.90 Å². The van der Waals surface area contributed by atoms with Gasteiger partial charge >= 0.3 is 5.97 Å². The van der Waals surface area contributed by atoms with Gasteiger partial charge < -0.3 is 10.0 Å². The van der Waals surface area contributed by atoms with Gasteiger partial charge in [0.1, 0.15) is 0 Å². The quantitative estimate of drug-likeness (QED) is 0.806. The molecule has 2 aliphatic heterocycles. The number of carboxylic acids is 1. The highest BCUT2D eigenvalue weighted by Crippen LogP contribution is 2.27. The van der Waals surface area contributed by atoms with Crippen molar-refractivity contribution in [2.45, 2.75) is 12.5 Å². The van der Waals surface area contributed by atoms with Crippen LogP contribution in [0.4, 0.5) is 5.69 Å². The predicted molar refractivity (Wildman–Crippen MR) is 83.4 cm³/mol. The summed E-state index contributed by atoms with van der Waals surface area (Å²) in [5, 5.41) is 9.06. The summed E-state index contributed by atoms with van der Waals surface area (Å²) < 4.78 is 0. The van der Waals surface area contributed by atoms with Crippen molar-refractivity contribution in [3.05, 3.63) is 29.8 Å². The van der Waals surface area contributed by atoms with Gasteiger partial charge in [0.25, 0.3) is 5.91 Å². The molecule has 2 saturated heterocycles. The fourth-order valence-corrected chi connectivity index (χ4v) is 3.08. The van der Waals surface area contributed by atoms with Crippen LogP contribution in [0.1, 0.15) is 16.8 Å². The molecule has 2 heterocycles. The number of amides is 2. The Morgan fingerprint density at radius 1 is 1.17 bits per heavy atom. The molecule has 0 radical (unpaired) electrons. The zero-order valence-corrected chi connectivity index (χ0v) is 12.9. The number of hydrogen-bond acceptors (Lipinski definition) is 5. The zero-order chi connectivity index (χ0) is 16.6. The van der Waals surface area contributed by atoms with Crippen molar-refractivity contribution in [3.63, 3.8) is 0 Å². The SMILES string of the molecule is CN1CCN([C@@H]2CC(=O)N(c3cccc(C(=O)O)c3)C2=O)CC1. The Morgan fingerprint density at radius 2 is 1.87 bits per heavy atom. The van der Waals surface area contributed by atoms with E-state index in [4.69, 9.17) is 5.11 Å². The molecule has 0 spiro atoms. The van der Waals surface area contributed by atoms with E-state index in [-0.39, 0.29) is 23.8 Å². The van der Waals surface area contributed by atoms with Gasteiger partial charge in [0.05, 0.1) is 23.7 Å². The van der Waals surface area contributed by atoms with Gasteiger partial charge in [-0.1, -0.05) is 6.07 Å². The van der Waals surface area contributed by atoms with Crippen molar-refractivity contribution in [2.24, 2.45) is 0 Å². The van der Waals surface area contributed by atoms with Crippen molar-refractivity contribution in [2.75, 3.05) is 38.1 Å². The Balaban J connectivity index is 1.81. The Bertz CT molecular complexity index is 652. The van der Waals surface area contributed by atoms with E-state index in [0.717, 1.165) is 31.1 Å². The molecule has 1 atom stereocenters.